The molecule has 0 saturated carbocycles. The van der Waals surface area contributed by atoms with Crippen LogP contribution < -0.4 is 10.6 Å². The second kappa shape index (κ2) is 7.24. The number of aromatic nitrogens is 1. The quantitative estimate of drug-likeness (QED) is 0.888. The Morgan fingerprint density at radius 3 is 2.74 bits per heavy atom. The molecule has 5 heteroatoms. The maximum atomic E-state index is 12.0. The first kappa shape index (κ1) is 15.5. The van der Waals surface area contributed by atoms with E-state index < -0.39 is 0 Å². The summed E-state index contributed by atoms with van der Waals surface area (Å²) in [6.07, 6.45) is 3.06. The molecule has 3 rings (SSSR count). The highest BCUT2D eigenvalue weighted by atomic mass is 16.5. The van der Waals surface area contributed by atoms with Crippen molar-refractivity contribution < 1.29 is 9.53 Å². The van der Waals surface area contributed by atoms with Crippen molar-refractivity contribution in [1.29, 1.82) is 0 Å². The number of amides is 1. The third kappa shape index (κ3) is 4.07. The summed E-state index contributed by atoms with van der Waals surface area (Å²) in [5, 5.41) is 6.19. The number of rotatable bonds is 5. The molecule has 1 fully saturated rings. The molecular weight excluding hydrogens is 290 g/mol. The van der Waals surface area contributed by atoms with Crippen molar-refractivity contribution in [1.82, 2.24) is 4.98 Å². The molecule has 2 N–H and O–H groups in total. The molecule has 23 heavy (non-hydrogen) atoms. The highest BCUT2D eigenvalue weighted by molar-refractivity contribution is 5.94. The molecule has 5 nitrogen and oxygen atoms in total. The summed E-state index contributed by atoms with van der Waals surface area (Å²) in [4.78, 5) is 16.3. The molecule has 1 saturated heterocycles. The maximum absolute atomic E-state index is 12.0. The van der Waals surface area contributed by atoms with Gasteiger partial charge in [-0.1, -0.05) is 30.3 Å². The molecule has 0 radical (unpaired) electrons. The molecule has 1 amide bonds. The molecule has 0 aliphatic carbocycles. The second-order valence-electron chi connectivity index (χ2n) is 5.70. The van der Waals surface area contributed by atoms with Gasteiger partial charge in [-0.2, -0.15) is 0 Å². The van der Waals surface area contributed by atoms with Gasteiger partial charge in [0.25, 0.3) is 5.91 Å². The van der Waals surface area contributed by atoms with E-state index in [4.69, 9.17) is 4.74 Å². The Hall–Kier alpha value is -2.40. The van der Waals surface area contributed by atoms with Gasteiger partial charge in [-0.3, -0.25) is 4.79 Å². The third-order valence-electron chi connectivity index (χ3n) is 3.92. The van der Waals surface area contributed by atoms with Gasteiger partial charge in [-0.05, 0) is 37.5 Å². The van der Waals surface area contributed by atoms with Crippen molar-refractivity contribution >= 4 is 17.4 Å². The fraction of sp³-hybridized carbons (Fsp3) is 0.333. The lowest BCUT2D eigenvalue weighted by molar-refractivity contribution is -0.124. The van der Waals surface area contributed by atoms with E-state index in [9.17, 15) is 4.79 Å². The summed E-state index contributed by atoms with van der Waals surface area (Å²) in [5.74, 6) is 0.680. The average molecular weight is 311 g/mol. The molecule has 2 heterocycles. The Morgan fingerprint density at radius 1 is 1.26 bits per heavy atom. The Labute approximate surface area is 136 Å². The van der Waals surface area contributed by atoms with Crippen LogP contribution in [0.5, 0.6) is 0 Å². The molecule has 0 bridgehead atoms. The number of anilines is 2. The minimum atomic E-state index is -0.328. The summed E-state index contributed by atoms with van der Waals surface area (Å²) < 4.78 is 5.37. The Balaban J connectivity index is 1.57. The van der Waals surface area contributed by atoms with Crippen LogP contribution in [-0.2, 0) is 9.53 Å². The monoisotopic (exact) mass is 311 g/mol. The van der Waals surface area contributed by atoms with Gasteiger partial charge in [0.2, 0.25) is 0 Å². The van der Waals surface area contributed by atoms with Gasteiger partial charge in [0, 0.05) is 12.6 Å². The van der Waals surface area contributed by atoms with Crippen LogP contribution in [0.3, 0.4) is 0 Å². The number of pyridine rings is 1. The molecule has 2 unspecified atom stereocenters. The van der Waals surface area contributed by atoms with E-state index in [1.807, 2.05) is 30.3 Å². The maximum Gasteiger partial charge on any atom is 0.253 e. The summed E-state index contributed by atoms with van der Waals surface area (Å²) in [6.45, 7) is 2.75. The van der Waals surface area contributed by atoms with Crippen LogP contribution >= 0.6 is 0 Å². The van der Waals surface area contributed by atoms with Crippen LogP contribution in [0.1, 0.15) is 31.4 Å². The first-order valence-corrected chi connectivity index (χ1v) is 7.92. The number of nitrogens with one attached hydrogen (secondary N) is 2. The van der Waals surface area contributed by atoms with Crippen molar-refractivity contribution in [2.75, 3.05) is 17.2 Å². The van der Waals surface area contributed by atoms with Gasteiger partial charge in [0.1, 0.15) is 11.9 Å². The number of hydrogen-bond acceptors (Lipinski definition) is 4. The zero-order chi connectivity index (χ0) is 16.1. The molecule has 1 aromatic heterocycles. The molecule has 1 aliphatic heterocycles. The van der Waals surface area contributed by atoms with E-state index in [2.05, 4.69) is 34.7 Å². The molecule has 2 aromatic rings. The molecule has 1 aromatic carbocycles. The SMILES string of the molecule is CC(Nc1ccc(NC(=O)C2CCCO2)cn1)c1ccccc1. The van der Waals surface area contributed by atoms with Gasteiger partial charge in [0.15, 0.2) is 0 Å². The van der Waals surface area contributed by atoms with E-state index in [1.165, 1.54) is 5.56 Å². The minimum absolute atomic E-state index is 0.0948. The van der Waals surface area contributed by atoms with E-state index in [0.717, 1.165) is 18.7 Å². The zero-order valence-electron chi connectivity index (χ0n) is 13.2. The molecular formula is C18H21N3O2. The van der Waals surface area contributed by atoms with Crippen LogP contribution in [0, 0.1) is 0 Å². The van der Waals surface area contributed by atoms with Crippen molar-refractivity contribution in [2.45, 2.75) is 31.9 Å². The van der Waals surface area contributed by atoms with E-state index >= 15 is 0 Å². The normalized spacial score (nSPS) is 18.4. The van der Waals surface area contributed by atoms with Crippen molar-refractivity contribution in [3.63, 3.8) is 0 Å². The largest absolute Gasteiger partial charge is 0.368 e. The first-order chi connectivity index (χ1) is 11.2. The highest BCUT2D eigenvalue weighted by Crippen LogP contribution is 2.19. The van der Waals surface area contributed by atoms with Gasteiger partial charge in [-0.15, -0.1) is 0 Å². The fourth-order valence-electron chi connectivity index (χ4n) is 2.61. The van der Waals surface area contributed by atoms with E-state index in [-0.39, 0.29) is 18.1 Å². The summed E-state index contributed by atoms with van der Waals surface area (Å²) in [5.41, 5.74) is 1.88. The first-order valence-electron chi connectivity index (χ1n) is 7.92. The van der Waals surface area contributed by atoms with Crippen LogP contribution in [0.4, 0.5) is 11.5 Å². The van der Waals surface area contributed by atoms with Crippen LogP contribution in [0.2, 0.25) is 0 Å². The van der Waals surface area contributed by atoms with Crippen LogP contribution in [-0.4, -0.2) is 23.6 Å². The zero-order valence-corrected chi connectivity index (χ0v) is 13.2. The van der Waals surface area contributed by atoms with Crippen molar-refractivity contribution in [3.05, 3.63) is 54.2 Å². The van der Waals surface area contributed by atoms with Gasteiger partial charge in [-0.25, -0.2) is 4.98 Å². The highest BCUT2D eigenvalue weighted by Gasteiger charge is 2.23. The van der Waals surface area contributed by atoms with Gasteiger partial charge >= 0.3 is 0 Å². The summed E-state index contributed by atoms with van der Waals surface area (Å²) >= 11 is 0. The smallest absolute Gasteiger partial charge is 0.253 e. The van der Waals surface area contributed by atoms with Gasteiger partial charge < -0.3 is 15.4 Å². The predicted molar refractivity (Wildman–Crippen MR) is 90.3 cm³/mol. The molecule has 0 spiro atoms. The fourth-order valence-corrected chi connectivity index (χ4v) is 2.61. The van der Waals surface area contributed by atoms with Crippen LogP contribution in [0.25, 0.3) is 0 Å². The van der Waals surface area contributed by atoms with Crippen molar-refractivity contribution in [2.24, 2.45) is 0 Å². The average Bonchev–Trinajstić information content (AvgIpc) is 3.12. The number of carbonyl (C=O) groups is 1. The molecule has 2 atom stereocenters. The third-order valence-corrected chi connectivity index (χ3v) is 3.92. The number of nitrogens with zero attached hydrogens (tertiary/aromatic N) is 1. The molecule has 1 aliphatic rings. The van der Waals surface area contributed by atoms with Crippen molar-refractivity contribution in [3.8, 4) is 0 Å². The molecule has 120 valence electrons. The topological polar surface area (TPSA) is 63.2 Å². The second-order valence-corrected chi connectivity index (χ2v) is 5.70. The number of ether oxygens (including phenoxy) is 1. The van der Waals surface area contributed by atoms with Gasteiger partial charge in [0.05, 0.1) is 11.9 Å². The lowest BCUT2D eigenvalue weighted by Gasteiger charge is -2.15. The predicted octanol–water partition coefficient (Wildman–Crippen LogP) is 3.37. The Bertz CT molecular complexity index is 637. The number of hydrogen-bond donors (Lipinski definition) is 2. The summed E-state index contributed by atoms with van der Waals surface area (Å²) in [7, 11) is 0. The van der Waals surface area contributed by atoms with E-state index in [1.54, 1.807) is 6.20 Å². The minimum Gasteiger partial charge on any atom is -0.368 e. The van der Waals surface area contributed by atoms with E-state index in [0.29, 0.717) is 12.3 Å². The standard InChI is InChI=1S/C18H21N3O2/c1-13(14-6-3-2-4-7-14)20-17-10-9-15(12-19-17)21-18(22)16-8-5-11-23-16/h2-4,6-7,9-10,12-13,16H,5,8,11H2,1H3,(H,19,20)(H,21,22). The lowest BCUT2D eigenvalue weighted by atomic mass is 10.1. The summed E-state index contributed by atoms with van der Waals surface area (Å²) in [6, 6.07) is 14.1. The number of benzene rings is 1. The number of carbonyl (C=O) groups excluding carboxylic acids is 1. The lowest BCUT2D eigenvalue weighted by Crippen LogP contribution is -2.26. The Morgan fingerprint density at radius 2 is 2.09 bits per heavy atom. The van der Waals surface area contributed by atoms with Crippen LogP contribution in [0.15, 0.2) is 48.7 Å². The Kier molecular flexibility index (Phi) is 4.88.